The Bertz CT molecular complexity index is 669. The molecule has 0 saturated carbocycles. The van der Waals surface area contributed by atoms with E-state index in [1.807, 2.05) is 24.3 Å². The van der Waals surface area contributed by atoms with Gasteiger partial charge in [0.05, 0.1) is 12.7 Å². The van der Waals surface area contributed by atoms with Crippen LogP contribution in [0.2, 0.25) is 0 Å². The molecule has 0 unspecified atom stereocenters. The first-order chi connectivity index (χ1) is 10.7. The van der Waals surface area contributed by atoms with Crippen LogP contribution in [0.25, 0.3) is 0 Å². The summed E-state index contributed by atoms with van der Waals surface area (Å²) in [6.07, 6.45) is 0.895. The third-order valence-corrected chi connectivity index (χ3v) is 4.17. The number of amides is 1. The first-order valence-electron chi connectivity index (χ1n) is 7.37. The van der Waals surface area contributed by atoms with Crippen molar-refractivity contribution in [3.63, 3.8) is 0 Å². The molecular formula is C18H18FNO2. The fourth-order valence-corrected chi connectivity index (χ4v) is 2.90. The molecule has 1 fully saturated rings. The standard InChI is InChI=1S/C18H18FNO2/c1-22-15-8-6-13(7-9-15)14-10-11-20(12-14)18(21)16-4-2-3-5-17(16)19/h2-9,14H,10-12H2,1H3/t14-/m0/s1. The van der Waals surface area contributed by atoms with Gasteiger partial charge < -0.3 is 9.64 Å². The van der Waals surface area contributed by atoms with Crippen LogP contribution >= 0.6 is 0 Å². The molecule has 22 heavy (non-hydrogen) atoms. The van der Waals surface area contributed by atoms with Crippen LogP contribution in [-0.2, 0) is 0 Å². The van der Waals surface area contributed by atoms with E-state index < -0.39 is 5.82 Å². The number of rotatable bonds is 3. The number of carbonyl (C=O) groups excluding carboxylic acids is 1. The highest BCUT2D eigenvalue weighted by Gasteiger charge is 2.29. The van der Waals surface area contributed by atoms with Crippen molar-refractivity contribution < 1.29 is 13.9 Å². The molecule has 2 aromatic rings. The zero-order valence-corrected chi connectivity index (χ0v) is 12.5. The van der Waals surface area contributed by atoms with Crippen molar-refractivity contribution in [3.05, 3.63) is 65.5 Å². The smallest absolute Gasteiger partial charge is 0.256 e. The Morgan fingerprint density at radius 3 is 2.59 bits per heavy atom. The Hall–Kier alpha value is -2.36. The minimum atomic E-state index is -0.458. The van der Waals surface area contributed by atoms with Crippen LogP contribution in [0.4, 0.5) is 4.39 Å². The molecule has 0 aliphatic carbocycles. The lowest BCUT2D eigenvalue weighted by Crippen LogP contribution is -2.29. The molecule has 0 aromatic heterocycles. The van der Waals surface area contributed by atoms with Crippen molar-refractivity contribution in [2.45, 2.75) is 12.3 Å². The van der Waals surface area contributed by atoms with Crippen LogP contribution in [0.1, 0.15) is 28.3 Å². The van der Waals surface area contributed by atoms with E-state index in [1.54, 1.807) is 30.2 Å². The molecule has 3 nitrogen and oxygen atoms in total. The fourth-order valence-electron chi connectivity index (χ4n) is 2.90. The van der Waals surface area contributed by atoms with E-state index in [0.29, 0.717) is 19.0 Å². The molecule has 2 aromatic carbocycles. The molecule has 1 atom stereocenters. The Labute approximate surface area is 129 Å². The summed E-state index contributed by atoms with van der Waals surface area (Å²) in [6.45, 7) is 1.28. The van der Waals surface area contributed by atoms with Crippen molar-refractivity contribution in [2.75, 3.05) is 20.2 Å². The molecule has 0 N–H and O–H groups in total. The summed E-state index contributed by atoms with van der Waals surface area (Å²) < 4.78 is 18.9. The number of hydrogen-bond donors (Lipinski definition) is 0. The summed E-state index contributed by atoms with van der Waals surface area (Å²) in [5, 5.41) is 0. The average molecular weight is 299 g/mol. The quantitative estimate of drug-likeness (QED) is 0.868. The van der Waals surface area contributed by atoms with E-state index in [-0.39, 0.29) is 11.5 Å². The summed E-state index contributed by atoms with van der Waals surface area (Å²) in [6, 6.07) is 14.1. The maximum Gasteiger partial charge on any atom is 0.256 e. The van der Waals surface area contributed by atoms with Gasteiger partial charge in [0.2, 0.25) is 0 Å². The highest BCUT2D eigenvalue weighted by molar-refractivity contribution is 5.94. The largest absolute Gasteiger partial charge is 0.497 e. The van der Waals surface area contributed by atoms with Crippen LogP contribution in [0.5, 0.6) is 5.75 Å². The van der Waals surface area contributed by atoms with Crippen LogP contribution in [0.3, 0.4) is 0 Å². The summed E-state index contributed by atoms with van der Waals surface area (Å²) >= 11 is 0. The van der Waals surface area contributed by atoms with Gasteiger partial charge in [-0.2, -0.15) is 0 Å². The van der Waals surface area contributed by atoms with E-state index in [1.165, 1.54) is 11.6 Å². The SMILES string of the molecule is COc1ccc([C@H]2CCN(C(=O)c3ccccc3F)C2)cc1. The number of carbonyl (C=O) groups is 1. The molecule has 1 amide bonds. The first-order valence-corrected chi connectivity index (χ1v) is 7.37. The topological polar surface area (TPSA) is 29.5 Å². The van der Waals surface area contributed by atoms with Gasteiger partial charge in [0, 0.05) is 19.0 Å². The van der Waals surface area contributed by atoms with Gasteiger partial charge >= 0.3 is 0 Å². The van der Waals surface area contributed by atoms with E-state index in [4.69, 9.17) is 4.74 Å². The number of methoxy groups -OCH3 is 1. The molecule has 1 aliphatic rings. The molecular weight excluding hydrogens is 281 g/mol. The van der Waals surface area contributed by atoms with E-state index in [0.717, 1.165) is 12.2 Å². The van der Waals surface area contributed by atoms with Crippen LogP contribution in [0, 0.1) is 5.82 Å². The minimum Gasteiger partial charge on any atom is -0.497 e. The van der Waals surface area contributed by atoms with Gasteiger partial charge in [-0.25, -0.2) is 4.39 Å². The fraction of sp³-hybridized carbons (Fsp3) is 0.278. The van der Waals surface area contributed by atoms with Gasteiger partial charge in [0.15, 0.2) is 0 Å². The predicted octanol–water partition coefficient (Wildman–Crippen LogP) is 3.46. The maximum absolute atomic E-state index is 13.7. The number of hydrogen-bond acceptors (Lipinski definition) is 2. The maximum atomic E-state index is 13.7. The monoisotopic (exact) mass is 299 g/mol. The van der Waals surface area contributed by atoms with Crippen LogP contribution < -0.4 is 4.74 Å². The molecule has 0 bridgehead atoms. The predicted molar refractivity (Wildman–Crippen MR) is 82.7 cm³/mol. The molecule has 0 spiro atoms. The number of ether oxygens (including phenoxy) is 1. The second kappa shape index (κ2) is 6.18. The number of halogens is 1. The van der Waals surface area contributed by atoms with Gasteiger partial charge in [-0.05, 0) is 36.2 Å². The zero-order chi connectivity index (χ0) is 15.5. The van der Waals surface area contributed by atoms with Gasteiger partial charge in [0.1, 0.15) is 11.6 Å². The second-order valence-corrected chi connectivity index (χ2v) is 5.49. The summed E-state index contributed by atoms with van der Waals surface area (Å²) in [5.74, 6) is 0.428. The van der Waals surface area contributed by atoms with E-state index in [2.05, 4.69) is 0 Å². The van der Waals surface area contributed by atoms with Gasteiger partial charge in [0.25, 0.3) is 5.91 Å². The number of likely N-dealkylation sites (tertiary alicyclic amines) is 1. The highest BCUT2D eigenvalue weighted by Crippen LogP contribution is 2.29. The zero-order valence-electron chi connectivity index (χ0n) is 12.5. The van der Waals surface area contributed by atoms with Gasteiger partial charge in [-0.15, -0.1) is 0 Å². The van der Waals surface area contributed by atoms with Crippen molar-refractivity contribution >= 4 is 5.91 Å². The Morgan fingerprint density at radius 2 is 1.91 bits per heavy atom. The second-order valence-electron chi connectivity index (χ2n) is 5.49. The number of benzene rings is 2. The lowest BCUT2D eigenvalue weighted by molar-refractivity contribution is 0.0786. The Balaban J connectivity index is 1.71. The molecule has 3 rings (SSSR count). The minimum absolute atomic E-state index is 0.151. The normalized spacial score (nSPS) is 17.5. The molecule has 0 radical (unpaired) electrons. The average Bonchev–Trinajstić information content (AvgIpc) is 3.05. The van der Waals surface area contributed by atoms with E-state index in [9.17, 15) is 9.18 Å². The lowest BCUT2D eigenvalue weighted by atomic mass is 9.98. The summed E-state index contributed by atoms with van der Waals surface area (Å²) in [5.41, 5.74) is 1.34. The first kappa shape index (κ1) is 14.6. The van der Waals surface area contributed by atoms with Gasteiger partial charge in [-0.1, -0.05) is 24.3 Å². The van der Waals surface area contributed by atoms with Crippen molar-refractivity contribution in [1.82, 2.24) is 4.90 Å². The molecule has 114 valence electrons. The highest BCUT2D eigenvalue weighted by atomic mass is 19.1. The third kappa shape index (κ3) is 2.82. The van der Waals surface area contributed by atoms with Crippen molar-refractivity contribution in [1.29, 1.82) is 0 Å². The van der Waals surface area contributed by atoms with Crippen LogP contribution in [0.15, 0.2) is 48.5 Å². The van der Waals surface area contributed by atoms with E-state index >= 15 is 0 Å². The lowest BCUT2D eigenvalue weighted by Gasteiger charge is -2.17. The molecule has 4 heteroatoms. The summed E-state index contributed by atoms with van der Waals surface area (Å²) in [7, 11) is 1.64. The molecule has 1 saturated heterocycles. The van der Waals surface area contributed by atoms with Crippen molar-refractivity contribution in [3.8, 4) is 5.75 Å². The van der Waals surface area contributed by atoms with Crippen LogP contribution in [-0.4, -0.2) is 31.0 Å². The molecule has 1 aliphatic heterocycles. The third-order valence-electron chi connectivity index (χ3n) is 4.17. The van der Waals surface area contributed by atoms with Crippen molar-refractivity contribution in [2.24, 2.45) is 0 Å². The number of nitrogens with zero attached hydrogens (tertiary/aromatic N) is 1. The molecule has 1 heterocycles. The Morgan fingerprint density at radius 1 is 1.18 bits per heavy atom. The Kier molecular flexibility index (Phi) is 4.09. The summed E-state index contributed by atoms with van der Waals surface area (Å²) in [4.78, 5) is 14.1. The van der Waals surface area contributed by atoms with Gasteiger partial charge in [-0.3, -0.25) is 4.79 Å².